The molecule has 0 amide bonds. The first-order chi connectivity index (χ1) is 7.70. The van der Waals surface area contributed by atoms with Gasteiger partial charge >= 0.3 is 0 Å². The zero-order valence-electron chi connectivity index (χ0n) is 9.74. The Morgan fingerprint density at radius 2 is 2.25 bits per heavy atom. The summed E-state index contributed by atoms with van der Waals surface area (Å²) in [5, 5.41) is 3.72. The van der Waals surface area contributed by atoms with E-state index in [1.54, 1.807) is 6.20 Å². The monoisotopic (exact) mass is 243 g/mol. The van der Waals surface area contributed by atoms with Crippen LogP contribution in [0.3, 0.4) is 0 Å². The molecule has 5 heteroatoms. The van der Waals surface area contributed by atoms with Gasteiger partial charge in [0.1, 0.15) is 17.2 Å². The lowest BCUT2D eigenvalue weighted by atomic mass is 10.3. The van der Waals surface area contributed by atoms with E-state index in [4.69, 9.17) is 16.3 Å². The fourth-order valence-electron chi connectivity index (χ4n) is 1.20. The fourth-order valence-corrected chi connectivity index (χ4v) is 1.37. The van der Waals surface area contributed by atoms with Gasteiger partial charge in [-0.1, -0.05) is 11.6 Å². The Morgan fingerprint density at radius 3 is 2.94 bits per heavy atom. The van der Waals surface area contributed by atoms with E-state index in [2.05, 4.69) is 15.3 Å². The number of nitrogens with zero attached hydrogens (tertiary/aromatic N) is 2. The van der Waals surface area contributed by atoms with Gasteiger partial charge in [0.2, 0.25) is 0 Å². The highest BCUT2D eigenvalue weighted by Crippen LogP contribution is 2.15. The van der Waals surface area contributed by atoms with Crippen LogP contribution in [0.25, 0.3) is 0 Å². The average Bonchev–Trinajstić information content (AvgIpc) is 2.25. The van der Waals surface area contributed by atoms with Crippen LogP contribution < -0.4 is 5.32 Å². The Kier molecular flexibility index (Phi) is 6.11. The molecule has 0 unspecified atom stereocenters. The van der Waals surface area contributed by atoms with Gasteiger partial charge in [0.25, 0.3) is 0 Å². The van der Waals surface area contributed by atoms with Crippen molar-refractivity contribution in [3.05, 3.63) is 17.5 Å². The van der Waals surface area contributed by atoms with E-state index in [1.807, 2.05) is 13.8 Å². The second-order valence-electron chi connectivity index (χ2n) is 3.77. The molecule has 90 valence electrons. The number of ether oxygens (including phenoxy) is 1. The standard InChI is InChI=1S/C11H18ClN3O/c1-9(2)16-6-4-3-5-14-11-10(12)7-13-8-15-11/h7-9H,3-6H2,1-2H3,(H,13,14,15). The van der Waals surface area contributed by atoms with E-state index < -0.39 is 0 Å². The van der Waals surface area contributed by atoms with Crippen molar-refractivity contribution in [1.29, 1.82) is 0 Å². The molecule has 0 saturated carbocycles. The van der Waals surface area contributed by atoms with Crippen LogP contribution in [0.5, 0.6) is 0 Å². The lowest BCUT2D eigenvalue weighted by molar-refractivity contribution is 0.0765. The summed E-state index contributed by atoms with van der Waals surface area (Å²) >= 11 is 5.89. The van der Waals surface area contributed by atoms with Crippen molar-refractivity contribution < 1.29 is 4.74 Å². The quantitative estimate of drug-likeness (QED) is 0.748. The normalized spacial score (nSPS) is 10.8. The first-order valence-corrected chi connectivity index (χ1v) is 5.89. The Bertz CT molecular complexity index is 307. The number of hydrogen-bond donors (Lipinski definition) is 1. The number of aromatic nitrogens is 2. The molecule has 1 aromatic heterocycles. The van der Waals surface area contributed by atoms with Crippen LogP contribution in [-0.2, 0) is 4.74 Å². The number of halogens is 1. The number of unbranched alkanes of at least 4 members (excludes halogenated alkanes) is 1. The zero-order chi connectivity index (χ0) is 11.8. The van der Waals surface area contributed by atoms with Crippen molar-refractivity contribution >= 4 is 17.4 Å². The maximum Gasteiger partial charge on any atom is 0.148 e. The van der Waals surface area contributed by atoms with Gasteiger partial charge in [-0.05, 0) is 26.7 Å². The van der Waals surface area contributed by atoms with Gasteiger partial charge in [-0.3, -0.25) is 0 Å². The van der Waals surface area contributed by atoms with Crippen molar-refractivity contribution in [3.8, 4) is 0 Å². The summed E-state index contributed by atoms with van der Waals surface area (Å²) in [5.74, 6) is 0.696. The van der Waals surface area contributed by atoms with E-state index in [9.17, 15) is 0 Å². The summed E-state index contributed by atoms with van der Waals surface area (Å²) < 4.78 is 5.44. The van der Waals surface area contributed by atoms with Gasteiger partial charge in [0.05, 0.1) is 12.3 Å². The van der Waals surface area contributed by atoms with Gasteiger partial charge in [0.15, 0.2) is 0 Å². The molecule has 0 aliphatic rings. The number of anilines is 1. The summed E-state index contributed by atoms with van der Waals surface area (Å²) in [6, 6.07) is 0. The molecule has 0 bridgehead atoms. The van der Waals surface area contributed by atoms with Crippen LogP contribution >= 0.6 is 11.6 Å². The minimum atomic E-state index is 0.310. The summed E-state index contributed by atoms with van der Waals surface area (Å²) in [4.78, 5) is 7.86. The molecule has 0 atom stereocenters. The molecule has 4 nitrogen and oxygen atoms in total. The highest BCUT2D eigenvalue weighted by Gasteiger charge is 1.99. The maximum atomic E-state index is 5.89. The molecular weight excluding hydrogens is 226 g/mol. The Balaban J connectivity index is 2.10. The molecular formula is C11H18ClN3O. The molecule has 0 aliphatic heterocycles. The third kappa shape index (κ3) is 5.28. The predicted molar refractivity (Wildman–Crippen MR) is 65.9 cm³/mol. The largest absolute Gasteiger partial charge is 0.379 e. The Morgan fingerprint density at radius 1 is 1.44 bits per heavy atom. The van der Waals surface area contributed by atoms with Crippen LogP contribution in [0.2, 0.25) is 5.02 Å². The summed E-state index contributed by atoms with van der Waals surface area (Å²) in [6.45, 7) is 5.73. The van der Waals surface area contributed by atoms with Gasteiger partial charge < -0.3 is 10.1 Å². The SMILES string of the molecule is CC(C)OCCCCNc1ncncc1Cl. The lowest BCUT2D eigenvalue weighted by Gasteiger charge is -2.08. The Labute approximate surface area is 101 Å². The average molecular weight is 244 g/mol. The Hall–Kier alpha value is -0.870. The molecule has 1 rings (SSSR count). The second kappa shape index (κ2) is 7.41. The topological polar surface area (TPSA) is 47.0 Å². The van der Waals surface area contributed by atoms with Gasteiger partial charge in [-0.25, -0.2) is 9.97 Å². The fraction of sp³-hybridized carbons (Fsp3) is 0.636. The molecule has 0 aliphatic carbocycles. The highest BCUT2D eigenvalue weighted by molar-refractivity contribution is 6.32. The number of nitrogens with one attached hydrogen (secondary N) is 1. The highest BCUT2D eigenvalue weighted by atomic mass is 35.5. The lowest BCUT2D eigenvalue weighted by Crippen LogP contribution is -2.08. The zero-order valence-corrected chi connectivity index (χ0v) is 10.5. The van der Waals surface area contributed by atoms with Gasteiger partial charge in [0, 0.05) is 13.2 Å². The van der Waals surface area contributed by atoms with Crippen molar-refractivity contribution in [2.45, 2.75) is 32.8 Å². The van der Waals surface area contributed by atoms with Crippen molar-refractivity contribution in [3.63, 3.8) is 0 Å². The molecule has 1 heterocycles. The smallest absolute Gasteiger partial charge is 0.148 e. The van der Waals surface area contributed by atoms with E-state index in [1.165, 1.54) is 6.33 Å². The molecule has 0 saturated heterocycles. The second-order valence-corrected chi connectivity index (χ2v) is 4.18. The first kappa shape index (κ1) is 13.2. The van der Waals surface area contributed by atoms with Crippen molar-refractivity contribution in [2.24, 2.45) is 0 Å². The molecule has 16 heavy (non-hydrogen) atoms. The van der Waals surface area contributed by atoms with Crippen LogP contribution in [0.4, 0.5) is 5.82 Å². The van der Waals surface area contributed by atoms with Crippen LogP contribution in [-0.4, -0.2) is 29.2 Å². The number of rotatable bonds is 7. The molecule has 0 radical (unpaired) electrons. The van der Waals surface area contributed by atoms with Crippen LogP contribution in [0, 0.1) is 0 Å². The molecule has 0 aromatic carbocycles. The number of hydrogen-bond acceptors (Lipinski definition) is 4. The minimum absolute atomic E-state index is 0.310. The van der Waals surface area contributed by atoms with Gasteiger partial charge in [-0.15, -0.1) is 0 Å². The summed E-state index contributed by atoms with van der Waals surface area (Å²) in [5.41, 5.74) is 0. The van der Waals surface area contributed by atoms with Crippen molar-refractivity contribution in [1.82, 2.24) is 9.97 Å². The van der Waals surface area contributed by atoms with Crippen molar-refractivity contribution in [2.75, 3.05) is 18.5 Å². The van der Waals surface area contributed by atoms with E-state index in [-0.39, 0.29) is 0 Å². The summed E-state index contributed by atoms with van der Waals surface area (Å²) in [6.07, 6.45) is 5.44. The van der Waals surface area contributed by atoms with Crippen LogP contribution in [0.15, 0.2) is 12.5 Å². The van der Waals surface area contributed by atoms with E-state index >= 15 is 0 Å². The van der Waals surface area contributed by atoms with Gasteiger partial charge in [-0.2, -0.15) is 0 Å². The van der Waals surface area contributed by atoms with Crippen LogP contribution in [0.1, 0.15) is 26.7 Å². The third-order valence-electron chi connectivity index (χ3n) is 1.98. The molecule has 0 fully saturated rings. The third-order valence-corrected chi connectivity index (χ3v) is 2.26. The minimum Gasteiger partial charge on any atom is -0.379 e. The molecule has 1 aromatic rings. The van der Waals surface area contributed by atoms with E-state index in [0.717, 1.165) is 26.0 Å². The first-order valence-electron chi connectivity index (χ1n) is 5.51. The maximum absolute atomic E-state index is 5.89. The summed E-state index contributed by atoms with van der Waals surface area (Å²) in [7, 11) is 0. The molecule has 0 spiro atoms. The van der Waals surface area contributed by atoms with E-state index in [0.29, 0.717) is 16.9 Å². The predicted octanol–water partition coefficient (Wildman–Crippen LogP) is 2.75. The molecule has 1 N–H and O–H groups in total.